The highest BCUT2D eigenvalue weighted by Gasteiger charge is 2.42. The number of carbonyl (C=O) groups excluding carboxylic acids is 1. The first-order valence-electron chi connectivity index (χ1n) is 6.31. The summed E-state index contributed by atoms with van der Waals surface area (Å²) in [5, 5.41) is 2.19. The fourth-order valence-corrected chi connectivity index (χ4v) is 1.89. The molecule has 2 aromatic heterocycles. The number of pyridine rings is 1. The van der Waals surface area contributed by atoms with Crippen molar-refractivity contribution in [3.8, 4) is 0 Å². The van der Waals surface area contributed by atoms with Crippen LogP contribution in [0.4, 0.5) is 18.9 Å². The van der Waals surface area contributed by atoms with Crippen LogP contribution in [0.25, 0.3) is 0 Å². The Kier molecular flexibility index (Phi) is 4.34. The molecule has 1 amide bonds. The maximum atomic E-state index is 13.0. The van der Waals surface area contributed by atoms with Gasteiger partial charge in [0.2, 0.25) is 5.91 Å². The molecule has 0 aliphatic carbocycles. The summed E-state index contributed by atoms with van der Waals surface area (Å²) in [6.07, 6.45) is -2.15. The minimum atomic E-state index is -4.61. The molecule has 1 atom stereocenters. The van der Waals surface area contributed by atoms with E-state index in [1.165, 1.54) is 18.3 Å². The number of rotatable bonds is 4. The number of halogens is 3. The fourth-order valence-electron chi connectivity index (χ4n) is 1.89. The zero-order chi connectivity index (χ0) is 16.3. The first-order valence-corrected chi connectivity index (χ1v) is 6.31. The first-order chi connectivity index (χ1) is 10.3. The summed E-state index contributed by atoms with van der Waals surface area (Å²) in [6, 6.07) is 0.833. The van der Waals surface area contributed by atoms with Crippen molar-refractivity contribution in [3.05, 3.63) is 46.9 Å². The average Bonchev–Trinajstić information content (AvgIpc) is 2.91. The van der Waals surface area contributed by atoms with Gasteiger partial charge in [-0.1, -0.05) is 0 Å². The number of nitrogens with one attached hydrogen (secondary N) is 2. The van der Waals surface area contributed by atoms with Crippen LogP contribution in [0.15, 0.2) is 35.6 Å². The summed E-state index contributed by atoms with van der Waals surface area (Å²) >= 11 is 0. The second kappa shape index (κ2) is 6.04. The van der Waals surface area contributed by atoms with Crippen LogP contribution in [-0.2, 0) is 4.79 Å². The summed E-state index contributed by atoms with van der Waals surface area (Å²) in [6.45, 7) is 1.64. The minimum absolute atomic E-state index is 0.0952. The smallest absolute Gasteiger partial charge is 0.325 e. The highest BCUT2D eigenvalue weighted by Crippen LogP contribution is 2.33. The molecule has 0 radical (unpaired) electrons. The van der Waals surface area contributed by atoms with Gasteiger partial charge in [0.15, 0.2) is 0 Å². The molecule has 0 bridgehead atoms. The standard InChI is InChI=1S/C13H13F3N4O2/c1-8-2-3-9(12(22)18-8)19-11(21)6-10(13(14,15)16)20-5-4-17-7-20/h2-5,7,10H,6H2,1H3,(H,18,22)(H,19,21). The zero-order valence-electron chi connectivity index (χ0n) is 11.5. The predicted molar refractivity (Wildman–Crippen MR) is 72.4 cm³/mol. The van der Waals surface area contributed by atoms with E-state index < -0.39 is 30.1 Å². The SMILES string of the molecule is Cc1ccc(NC(=O)CC(n2ccnc2)C(F)(F)F)c(=O)[nH]1. The number of aromatic nitrogens is 3. The molecule has 0 aromatic carbocycles. The number of hydrogen-bond donors (Lipinski definition) is 2. The zero-order valence-corrected chi connectivity index (χ0v) is 11.5. The average molecular weight is 314 g/mol. The number of amides is 1. The first kappa shape index (κ1) is 15.8. The van der Waals surface area contributed by atoms with Gasteiger partial charge >= 0.3 is 6.18 Å². The van der Waals surface area contributed by atoms with Gasteiger partial charge in [0.25, 0.3) is 5.56 Å². The maximum absolute atomic E-state index is 13.0. The highest BCUT2D eigenvalue weighted by atomic mass is 19.4. The van der Waals surface area contributed by atoms with E-state index in [2.05, 4.69) is 15.3 Å². The Labute approximate surface area is 123 Å². The van der Waals surface area contributed by atoms with Gasteiger partial charge in [-0.15, -0.1) is 0 Å². The number of H-pyrrole nitrogens is 1. The number of aryl methyl sites for hydroxylation is 1. The van der Waals surface area contributed by atoms with Crippen LogP contribution < -0.4 is 10.9 Å². The van der Waals surface area contributed by atoms with E-state index in [1.807, 2.05) is 0 Å². The Morgan fingerprint density at radius 3 is 2.73 bits per heavy atom. The molecule has 2 rings (SSSR count). The number of carbonyl (C=O) groups is 1. The van der Waals surface area contributed by atoms with Gasteiger partial charge in [-0.3, -0.25) is 9.59 Å². The summed E-state index contributed by atoms with van der Waals surface area (Å²) in [5.41, 5.74) is -0.0868. The van der Waals surface area contributed by atoms with E-state index in [-0.39, 0.29) is 5.69 Å². The van der Waals surface area contributed by atoms with Gasteiger partial charge < -0.3 is 14.9 Å². The van der Waals surface area contributed by atoms with Crippen molar-refractivity contribution in [1.82, 2.24) is 14.5 Å². The largest absolute Gasteiger partial charge is 0.409 e. The lowest BCUT2D eigenvalue weighted by Crippen LogP contribution is -2.31. The van der Waals surface area contributed by atoms with Crippen LogP contribution in [0.3, 0.4) is 0 Å². The van der Waals surface area contributed by atoms with Gasteiger partial charge in [-0.05, 0) is 19.1 Å². The summed E-state index contributed by atoms with van der Waals surface area (Å²) < 4.78 is 39.9. The molecule has 0 spiro atoms. The fraction of sp³-hybridized carbons (Fsp3) is 0.308. The number of alkyl halides is 3. The van der Waals surface area contributed by atoms with Gasteiger partial charge in [0, 0.05) is 18.1 Å². The Morgan fingerprint density at radius 1 is 1.45 bits per heavy atom. The molecule has 2 N–H and O–H groups in total. The van der Waals surface area contributed by atoms with E-state index in [4.69, 9.17) is 0 Å². The van der Waals surface area contributed by atoms with Gasteiger partial charge in [0.05, 0.1) is 12.7 Å². The van der Waals surface area contributed by atoms with Crippen molar-refractivity contribution in [2.75, 3.05) is 5.32 Å². The molecule has 9 heteroatoms. The third-order valence-corrected chi connectivity index (χ3v) is 2.97. The molecule has 0 saturated carbocycles. The van der Waals surface area contributed by atoms with E-state index in [9.17, 15) is 22.8 Å². The third-order valence-electron chi connectivity index (χ3n) is 2.97. The maximum Gasteiger partial charge on any atom is 0.409 e. The van der Waals surface area contributed by atoms with Crippen molar-refractivity contribution < 1.29 is 18.0 Å². The molecule has 0 saturated heterocycles. The molecule has 6 nitrogen and oxygen atoms in total. The number of anilines is 1. The van der Waals surface area contributed by atoms with E-state index in [0.717, 1.165) is 17.1 Å². The monoisotopic (exact) mass is 314 g/mol. The molecule has 22 heavy (non-hydrogen) atoms. The molecule has 118 valence electrons. The Morgan fingerprint density at radius 2 is 2.18 bits per heavy atom. The Balaban J connectivity index is 2.14. The van der Waals surface area contributed by atoms with Gasteiger partial charge in [0.1, 0.15) is 11.7 Å². The second-order valence-electron chi connectivity index (χ2n) is 4.70. The number of nitrogens with zero attached hydrogens (tertiary/aromatic N) is 2. The number of aromatic amines is 1. The van der Waals surface area contributed by atoms with E-state index in [1.54, 1.807) is 6.92 Å². The van der Waals surface area contributed by atoms with E-state index in [0.29, 0.717) is 5.69 Å². The van der Waals surface area contributed by atoms with Crippen LogP contribution in [0.2, 0.25) is 0 Å². The second-order valence-corrected chi connectivity index (χ2v) is 4.70. The summed E-state index contributed by atoms with van der Waals surface area (Å²) in [4.78, 5) is 29.4. The topological polar surface area (TPSA) is 79.8 Å². The minimum Gasteiger partial charge on any atom is -0.325 e. The van der Waals surface area contributed by atoms with Gasteiger partial charge in [-0.25, -0.2) is 4.98 Å². The molecule has 1 unspecified atom stereocenters. The van der Waals surface area contributed by atoms with Crippen molar-refractivity contribution in [3.63, 3.8) is 0 Å². The number of imidazole rings is 1. The summed E-state index contributed by atoms with van der Waals surface area (Å²) in [5.74, 6) is -0.912. The molecule has 2 heterocycles. The summed E-state index contributed by atoms with van der Waals surface area (Å²) in [7, 11) is 0. The Hall–Kier alpha value is -2.58. The van der Waals surface area contributed by atoms with Crippen LogP contribution in [-0.4, -0.2) is 26.6 Å². The van der Waals surface area contributed by atoms with Crippen molar-refractivity contribution in [2.45, 2.75) is 25.6 Å². The van der Waals surface area contributed by atoms with Crippen molar-refractivity contribution in [1.29, 1.82) is 0 Å². The molecule has 2 aromatic rings. The van der Waals surface area contributed by atoms with Crippen LogP contribution in [0.5, 0.6) is 0 Å². The molecule has 0 aliphatic rings. The normalized spacial score (nSPS) is 12.9. The van der Waals surface area contributed by atoms with Crippen LogP contribution in [0.1, 0.15) is 18.2 Å². The highest BCUT2D eigenvalue weighted by molar-refractivity contribution is 5.90. The third kappa shape index (κ3) is 3.74. The Bertz CT molecular complexity index is 707. The number of hydrogen-bond acceptors (Lipinski definition) is 3. The van der Waals surface area contributed by atoms with E-state index >= 15 is 0 Å². The molecular weight excluding hydrogens is 301 g/mol. The predicted octanol–water partition coefficient (Wildman–Crippen LogP) is 2.01. The van der Waals surface area contributed by atoms with Crippen molar-refractivity contribution in [2.24, 2.45) is 0 Å². The van der Waals surface area contributed by atoms with Crippen LogP contribution >= 0.6 is 0 Å². The van der Waals surface area contributed by atoms with Crippen LogP contribution in [0, 0.1) is 6.92 Å². The van der Waals surface area contributed by atoms with Gasteiger partial charge in [-0.2, -0.15) is 13.2 Å². The lowest BCUT2D eigenvalue weighted by Gasteiger charge is -2.20. The molecule has 0 fully saturated rings. The molecule has 0 aliphatic heterocycles. The lowest BCUT2D eigenvalue weighted by atomic mass is 10.2. The quantitative estimate of drug-likeness (QED) is 0.906. The lowest BCUT2D eigenvalue weighted by molar-refractivity contribution is -0.171. The van der Waals surface area contributed by atoms with Crippen molar-refractivity contribution >= 4 is 11.6 Å². The molecular formula is C13H13F3N4O2.